The fraction of sp³-hybridized carbons (Fsp3) is 0.167. The van der Waals surface area contributed by atoms with E-state index in [0.717, 1.165) is 16.9 Å². The third-order valence-corrected chi connectivity index (χ3v) is 4.01. The molecule has 0 saturated carbocycles. The third-order valence-electron chi connectivity index (χ3n) is 2.49. The van der Waals surface area contributed by atoms with Crippen LogP contribution in [0.3, 0.4) is 0 Å². The molecule has 2 nitrogen and oxygen atoms in total. The quantitative estimate of drug-likeness (QED) is 0.922. The van der Waals surface area contributed by atoms with Gasteiger partial charge in [0, 0.05) is 5.56 Å². The Bertz CT molecular complexity index is 510. The van der Waals surface area contributed by atoms with Crippen molar-refractivity contribution in [3.8, 4) is 5.75 Å². The number of rotatable bonds is 3. The van der Waals surface area contributed by atoms with Gasteiger partial charge in [0.1, 0.15) is 5.75 Å². The molecule has 1 heterocycles. The van der Waals surface area contributed by atoms with Crippen LogP contribution in [0, 0.1) is 0 Å². The average Bonchev–Trinajstić information content (AvgIpc) is 2.68. The maximum absolute atomic E-state index is 6.14. The van der Waals surface area contributed by atoms with Crippen LogP contribution in [0.5, 0.6) is 5.75 Å². The minimum Gasteiger partial charge on any atom is -0.497 e. The fourth-order valence-corrected chi connectivity index (χ4v) is 3.11. The lowest BCUT2D eigenvalue weighted by molar-refractivity contribution is 0.414. The highest BCUT2D eigenvalue weighted by Gasteiger charge is 2.15. The van der Waals surface area contributed by atoms with E-state index in [9.17, 15) is 0 Å². The highest BCUT2D eigenvalue weighted by atomic mass is 35.5. The second kappa shape index (κ2) is 5.27. The molecule has 0 amide bonds. The summed E-state index contributed by atoms with van der Waals surface area (Å²) in [5.41, 5.74) is 7.97. The van der Waals surface area contributed by atoms with Crippen molar-refractivity contribution < 1.29 is 4.74 Å². The van der Waals surface area contributed by atoms with Crippen molar-refractivity contribution in [1.29, 1.82) is 0 Å². The number of nitrogens with two attached hydrogens (primary N) is 1. The van der Waals surface area contributed by atoms with Crippen LogP contribution in [-0.2, 0) is 0 Å². The molecule has 1 aromatic carbocycles. The predicted molar refractivity (Wildman–Crippen MR) is 73.4 cm³/mol. The van der Waals surface area contributed by atoms with Gasteiger partial charge in [0.2, 0.25) is 0 Å². The minimum absolute atomic E-state index is 0.267. The Hall–Kier alpha value is -0.740. The van der Waals surface area contributed by atoms with E-state index in [1.807, 2.05) is 30.3 Å². The Morgan fingerprint density at radius 2 is 1.88 bits per heavy atom. The number of hydrogen-bond donors (Lipinski definition) is 1. The van der Waals surface area contributed by atoms with Gasteiger partial charge in [-0.05, 0) is 23.8 Å². The van der Waals surface area contributed by atoms with E-state index in [2.05, 4.69) is 0 Å². The summed E-state index contributed by atoms with van der Waals surface area (Å²) in [5, 5.41) is 0. The Morgan fingerprint density at radius 3 is 2.35 bits per heavy atom. The Morgan fingerprint density at radius 1 is 1.24 bits per heavy atom. The highest BCUT2D eigenvalue weighted by Crippen LogP contribution is 2.36. The summed E-state index contributed by atoms with van der Waals surface area (Å²) in [6, 6.07) is 9.13. The molecule has 0 aliphatic carbocycles. The molecule has 90 valence electrons. The number of hydrogen-bond acceptors (Lipinski definition) is 3. The van der Waals surface area contributed by atoms with Crippen molar-refractivity contribution in [2.45, 2.75) is 6.04 Å². The molecule has 2 aromatic rings. The van der Waals surface area contributed by atoms with Crippen LogP contribution in [0.2, 0.25) is 8.67 Å². The molecule has 2 N–H and O–H groups in total. The molecule has 0 bridgehead atoms. The molecule has 2 rings (SSSR count). The van der Waals surface area contributed by atoms with Gasteiger partial charge in [0.25, 0.3) is 0 Å². The first-order chi connectivity index (χ1) is 8.11. The molecule has 0 aliphatic rings. The molecule has 0 aliphatic heterocycles. The summed E-state index contributed by atoms with van der Waals surface area (Å²) in [6.07, 6.45) is 0. The van der Waals surface area contributed by atoms with Gasteiger partial charge in [-0.25, -0.2) is 0 Å². The molecular formula is C12H11Cl2NOS. The summed E-state index contributed by atoms with van der Waals surface area (Å²) in [7, 11) is 1.63. The van der Waals surface area contributed by atoms with Crippen LogP contribution in [0.25, 0.3) is 0 Å². The van der Waals surface area contributed by atoms with E-state index in [4.69, 9.17) is 33.7 Å². The Labute approximate surface area is 114 Å². The zero-order chi connectivity index (χ0) is 12.4. The van der Waals surface area contributed by atoms with E-state index in [0.29, 0.717) is 8.67 Å². The zero-order valence-electron chi connectivity index (χ0n) is 9.11. The summed E-state index contributed by atoms with van der Waals surface area (Å²) in [4.78, 5) is 0. The molecule has 5 heteroatoms. The smallest absolute Gasteiger partial charge is 0.118 e. The molecule has 0 saturated heterocycles. The summed E-state index contributed by atoms with van der Waals surface area (Å²) in [5.74, 6) is 0.801. The van der Waals surface area contributed by atoms with Gasteiger partial charge in [-0.15, -0.1) is 11.3 Å². The van der Waals surface area contributed by atoms with Crippen LogP contribution in [-0.4, -0.2) is 7.11 Å². The molecule has 1 unspecified atom stereocenters. The first-order valence-corrected chi connectivity index (χ1v) is 6.53. The van der Waals surface area contributed by atoms with E-state index >= 15 is 0 Å². The first-order valence-electron chi connectivity index (χ1n) is 4.96. The zero-order valence-corrected chi connectivity index (χ0v) is 11.4. The largest absolute Gasteiger partial charge is 0.497 e. The van der Waals surface area contributed by atoms with Gasteiger partial charge in [0.15, 0.2) is 0 Å². The van der Waals surface area contributed by atoms with Gasteiger partial charge < -0.3 is 10.5 Å². The lowest BCUT2D eigenvalue weighted by Gasteiger charge is -2.11. The van der Waals surface area contributed by atoms with Crippen molar-refractivity contribution >= 4 is 34.5 Å². The molecule has 0 fully saturated rings. The summed E-state index contributed by atoms with van der Waals surface area (Å²) >= 11 is 13.3. The Kier molecular flexibility index (Phi) is 3.94. The van der Waals surface area contributed by atoms with Gasteiger partial charge in [-0.1, -0.05) is 35.3 Å². The fourth-order valence-electron chi connectivity index (χ4n) is 1.56. The van der Waals surface area contributed by atoms with Crippen molar-refractivity contribution in [2.75, 3.05) is 7.11 Å². The molecule has 1 aromatic heterocycles. The average molecular weight is 288 g/mol. The van der Waals surface area contributed by atoms with Crippen molar-refractivity contribution in [3.05, 3.63) is 50.1 Å². The van der Waals surface area contributed by atoms with E-state index in [1.165, 1.54) is 11.3 Å². The van der Waals surface area contributed by atoms with Crippen LogP contribution in [0.4, 0.5) is 0 Å². The first kappa shape index (κ1) is 12.7. The van der Waals surface area contributed by atoms with E-state index < -0.39 is 0 Å². The molecule has 0 spiro atoms. The number of ether oxygens (including phenoxy) is 1. The normalized spacial score (nSPS) is 12.5. The maximum Gasteiger partial charge on any atom is 0.118 e. The van der Waals surface area contributed by atoms with Gasteiger partial charge >= 0.3 is 0 Å². The van der Waals surface area contributed by atoms with Gasteiger partial charge in [-0.2, -0.15) is 0 Å². The van der Waals surface area contributed by atoms with Crippen LogP contribution in [0.15, 0.2) is 30.3 Å². The SMILES string of the molecule is COc1ccc(C(N)c2cc(Cl)sc2Cl)cc1. The monoisotopic (exact) mass is 287 g/mol. The lowest BCUT2D eigenvalue weighted by Crippen LogP contribution is -2.11. The summed E-state index contributed by atoms with van der Waals surface area (Å²) < 4.78 is 6.38. The van der Waals surface area contributed by atoms with E-state index in [1.54, 1.807) is 7.11 Å². The van der Waals surface area contributed by atoms with Crippen LogP contribution in [0.1, 0.15) is 17.2 Å². The Balaban J connectivity index is 2.30. The second-order valence-corrected chi connectivity index (χ2v) is 5.82. The minimum atomic E-state index is -0.267. The topological polar surface area (TPSA) is 35.2 Å². The third kappa shape index (κ3) is 2.75. The molecule has 17 heavy (non-hydrogen) atoms. The van der Waals surface area contributed by atoms with Gasteiger partial charge in [0.05, 0.1) is 21.8 Å². The number of thiophene rings is 1. The second-order valence-electron chi connectivity index (χ2n) is 3.53. The predicted octanol–water partition coefficient (Wildman–Crippen LogP) is 4.11. The van der Waals surface area contributed by atoms with Crippen molar-refractivity contribution in [3.63, 3.8) is 0 Å². The van der Waals surface area contributed by atoms with Crippen molar-refractivity contribution in [2.24, 2.45) is 5.73 Å². The number of halogens is 2. The standard InChI is InChI=1S/C12H11Cl2NOS/c1-16-8-4-2-7(3-5-8)11(15)9-6-10(13)17-12(9)14/h2-6,11H,15H2,1H3. The molecular weight excluding hydrogens is 277 g/mol. The number of benzene rings is 1. The lowest BCUT2D eigenvalue weighted by atomic mass is 10.0. The molecule has 1 atom stereocenters. The van der Waals surface area contributed by atoms with Gasteiger partial charge in [-0.3, -0.25) is 0 Å². The van der Waals surface area contributed by atoms with Crippen LogP contribution >= 0.6 is 34.5 Å². The van der Waals surface area contributed by atoms with Crippen LogP contribution < -0.4 is 10.5 Å². The molecule has 0 radical (unpaired) electrons. The van der Waals surface area contributed by atoms with E-state index in [-0.39, 0.29) is 6.04 Å². The van der Waals surface area contributed by atoms with Crippen molar-refractivity contribution in [1.82, 2.24) is 0 Å². The maximum atomic E-state index is 6.14. The summed E-state index contributed by atoms with van der Waals surface area (Å²) in [6.45, 7) is 0. The number of methoxy groups -OCH3 is 1. The highest BCUT2D eigenvalue weighted by molar-refractivity contribution is 7.20.